The van der Waals surface area contributed by atoms with Gasteiger partial charge in [-0.15, -0.1) is 0 Å². The number of carbonyl (C=O) groups excluding carboxylic acids is 2. The predicted molar refractivity (Wildman–Crippen MR) is 147 cm³/mol. The summed E-state index contributed by atoms with van der Waals surface area (Å²) in [6, 6.07) is 26.0. The van der Waals surface area contributed by atoms with Gasteiger partial charge in [0, 0.05) is 5.56 Å². The first-order valence-electron chi connectivity index (χ1n) is 12.4. The number of sulfone groups is 1. The standard InChI is InChI=1S/C31H28N2O4S/c1-20-13-14-21(2)25(17-20)19-33-27-18-24(30(34)32-22(3)23-9-5-4-6-10-23)15-16-29(27)38(36,37)28-12-8-7-11-26(28)31(33)35/h4-18,22H,19H2,1-3H3,(H,32,34)/t22-/m1/s1. The van der Waals surface area contributed by atoms with Gasteiger partial charge in [0.05, 0.1) is 33.6 Å². The van der Waals surface area contributed by atoms with Crippen LogP contribution in [0.1, 0.15) is 55.9 Å². The fourth-order valence-electron chi connectivity index (χ4n) is 4.75. The lowest BCUT2D eigenvalue weighted by Crippen LogP contribution is -2.31. The highest BCUT2D eigenvalue weighted by molar-refractivity contribution is 7.91. The number of hydrogen-bond donors (Lipinski definition) is 1. The zero-order valence-corrected chi connectivity index (χ0v) is 22.2. The lowest BCUT2D eigenvalue weighted by molar-refractivity contribution is 0.0937. The van der Waals surface area contributed by atoms with E-state index in [-0.39, 0.29) is 45.1 Å². The van der Waals surface area contributed by atoms with Gasteiger partial charge in [-0.3, -0.25) is 9.59 Å². The number of amides is 2. The Morgan fingerprint density at radius 1 is 0.868 bits per heavy atom. The molecule has 38 heavy (non-hydrogen) atoms. The first kappa shape index (κ1) is 25.4. The van der Waals surface area contributed by atoms with Crippen molar-refractivity contribution in [3.8, 4) is 0 Å². The molecule has 1 aliphatic rings. The summed E-state index contributed by atoms with van der Waals surface area (Å²) in [6.45, 7) is 5.97. The molecule has 0 aliphatic carbocycles. The first-order chi connectivity index (χ1) is 18.2. The molecule has 4 aromatic rings. The van der Waals surface area contributed by atoms with Crippen LogP contribution in [0.2, 0.25) is 0 Å². The van der Waals surface area contributed by atoms with Crippen molar-refractivity contribution in [1.82, 2.24) is 5.32 Å². The summed E-state index contributed by atoms with van der Waals surface area (Å²) in [6.07, 6.45) is 0. The molecule has 0 saturated carbocycles. The van der Waals surface area contributed by atoms with Gasteiger partial charge in [-0.1, -0.05) is 66.2 Å². The molecule has 0 spiro atoms. The van der Waals surface area contributed by atoms with Gasteiger partial charge in [0.15, 0.2) is 0 Å². The van der Waals surface area contributed by atoms with Crippen LogP contribution in [-0.4, -0.2) is 20.2 Å². The normalized spacial score (nSPS) is 14.7. The van der Waals surface area contributed by atoms with E-state index in [1.54, 1.807) is 12.1 Å². The van der Waals surface area contributed by atoms with Gasteiger partial charge >= 0.3 is 0 Å². The Kier molecular flexibility index (Phi) is 6.63. The van der Waals surface area contributed by atoms with Crippen molar-refractivity contribution in [2.24, 2.45) is 0 Å². The van der Waals surface area contributed by atoms with E-state index in [9.17, 15) is 18.0 Å². The summed E-state index contributed by atoms with van der Waals surface area (Å²) >= 11 is 0. The molecule has 2 amide bonds. The smallest absolute Gasteiger partial charge is 0.259 e. The average molecular weight is 525 g/mol. The van der Waals surface area contributed by atoms with Gasteiger partial charge in [0.25, 0.3) is 11.8 Å². The lowest BCUT2D eigenvalue weighted by Gasteiger charge is -2.25. The van der Waals surface area contributed by atoms with Crippen LogP contribution in [-0.2, 0) is 16.4 Å². The van der Waals surface area contributed by atoms with E-state index < -0.39 is 15.7 Å². The Hall–Kier alpha value is -4.23. The summed E-state index contributed by atoms with van der Waals surface area (Å²) in [5.74, 6) is -0.790. The molecule has 5 rings (SSSR count). The number of fused-ring (bicyclic) bond motifs is 2. The van der Waals surface area contributed by atoms with E-state index in [1.165, 1.54) is 35.2 Å². The topological polar surface area (TPSA) is 83.6 Å². The molecule has 0 bridgehead atoms. The van der Waals surface area contributed by atoms with Crippen LogP contribution in [0, 0.1) is 13.8 Å². The maximum Gasteiger partial charge on any atom is 0.259 e. The van der Waals surface area contributed by atoms with Crippen molar-refractivity contribution in [3.63, 3.8) is 0 Å². The third-order valence-electron chi connectivity index (χ3n) is 6.93. The number of nitrogens with one attached hydrogen (secondary N) is 1. The molecule has 0 saturated heterocycles. The minimum Gasteiger partial charge on any atom is -0.346 e. The molecule has 1 N–H and O–H groups in total. The number of nitrogens with zero attached hydrogens (tertiary/aromatic N) is 1. The molecule has 0 fully saturated rings. The number of rotatable bonds is 5. The molecule has 0 aromatic heterocycles. The average Bonchev–Trinajstić information content (AvgIpc) is 2.99. The van der Waals surface area contributed by atoms with Gasteiger partial charge in [-0.25, -0.2) is 8.42 Å². The van der Waals surface area contributed by atoms with Crippen LogP contribution in [0.5, 0.6) is 0 Å². The molecule has 0 unspecified atom stereocenters. The monoisotopic (exact) mass is 524 g/mol. The van der Waals surface area contributed by atoms with E-state index in [2.05, 4.69) is 5.32 Å². The Morgan fingerprint density at radius 3 is 2.34 bits per heavy atom. The van der Waals surface area contributed by atoms with Crippen molar-refractivity contribution < 1.29 is 18.0 Å². The summed E-state index contributed by atoms with van der Waals surface area (Å²) in [7, 11) is -4.02. The first-order valence-corrected chi connectivity index (χ1v) is 13.9. The third-order valence-corrected chi connectivity index (χ3v) is 8.79. The number of benzene rings is 4. The van der Waals surface area contributed by atoms with Gasteiger partial charge in [0.1, 0.15) is 0 Å². The number of carbonyl (C=O) groups is 2. The SMILES string of the molecule is Cc1ccc(C)c(CN2C(=O)c3ccccc3S(=O)(=O)c3ccc(C(=O)N[C@H](C)c4ccccc4)cc32)c1. The zero-order chi connectivity index (χ0) is 27.0. The van der Waals surface area contributed by atoms with Crippen LogP contribution < -0.4 is 10.2 Å². The molecular formula is C31H28N2O4S. The van der Waals surface area contributed by atoms with Crippen LogP contribution in [0.25, 0.3) is 0 Å². The second-order valence-electron chi connectivity index (χ2n) is 9.61. The minimum absolute atomic E-state index is 0.00577. The number of anilines is 1. The molecule has 7 heteroatoms. The minimum atomic E-state index is -4.02. The highest BCUT2D eigenvalue weighted by Crippen LogP contribution is 2.38. The third kappa shape index (κ3) is 4.61. The summed E-state index contributed by atoms with van der Waals surface area (Å²) in [5.41, 5.74) is 4.42. The largest absolute Gasteiger partial charge is 0.346 e. The van der Waals surface area contributed by atoms with Crippen molar-refractivity contribution in [1.29, 1.82) is 0 Å². The second-order valence-corrected chi connectivity index (χ2v) is 11.5. The Bertz CT molecular complexity index is 1660. The van der Waals surface area contributed by atoms with Gasteiger partial charge < -0.3 is 10.2 Å². The number of aryl methyl sites for hydroxylation is 2. The molecule has 4 aromatic carbocycles. The van der Waals surface area contributed by atoms with E-state index >= 15 is 0 Å². The van der Waals surface area contributed by atoms with Crippen molar-refractivity contribution in [2.45, 2.75) is 43.1 Å². The lowest BCUT2D eigenvalue weighted by atomic mass is 10.0. The van der Waals surface area contributed by atoms with E-state index in [0.717, 1.165) is 22.3 Å². The molecule has 1 aliphatic heterocycles. The predicted octanol–water partition coefficient (Wildman–Crippen LogP) is 5.79. The van der Waals surface area contributed by atoms with Gasteiger partial charge in [0.2, 0.25) is 9.84 Å². The Morgan fingerprint density at radius 2 is 1.58 bits per heavy atom. The van der Waals surface area contributed by atoms with Crippen LogP contribution in [0.15, 0.2) is 101 Å². The fourth-order valence-corrected chi connectivity index (χ4v) is 6.38. The van der Waals surface area contributed by atoms with Gasteiger partial charge in [-0.05, 0) is 67.8 Å². The van der Waals surface area contributed by atoms with Crippen molar-refractivity contribution >= 4 is 27.3 Å². The van der Waals surface area contributed by atoms with Crippen molar-refractivity contribution in [2.75, 3.05) is 4.90 Å². The van der Waals surface area contributed by atoms with E-state index in [4.69, 9.17) is 0 Å². The highest BCUT2D eigenvalue weighted by Gasteiger charge is 2.36. The molecule has 1 atom stereocenters. The van der Waals surface area contributed by atoms with E-state index in [1.807, 2.05) is 69.3 Å². The molecule has 1 heterocycles. The summed E-state index contributed by atoms with van der Waals surface area (Å²) in [4.78, 5) is 28.6. The summed E-state index contributed by atoms with van der Waals surface area (Å²) in [5, 5.41) is 2.97. The van der Waals surface area contributed by atoms with Gasteiger partial charge in [-0.2, -0.15) is 0 Å². The number of hydrogen-bond acceptors (Lipinski definition) is 4. The molecule has 6 nitrogen and oxygen atoms in total. The fraction of sp³-hybridized carbons (Fsp3) is 0.161. The molecule has 0 radical (unpaired) electrons. The zero-order valence-electron chi connectivity index (χ0n) is 21.4. The Balaban J connectivity index is 1.62. The molecule has 192 valence electrons. The van der Waals surface area contributed by atoms with E-state index in [0.29, 0.717) is 0 Å². The Labute approximate surface area is 222 Å². The maximum atomic E-state index is 13.9. The highest BCUT2D eigenvalue weighted by atomic mass is 32.2. The van der Waals surface area contributed by atoms with Crippen LogP contribution in [0.3, 0.4) is 0 Å². The summed E-state index contributed by atoms with van der Waals surface area (Å²) < 4.78 is 27.5. The maximum absolute atomic E-state index is 13.9. The molecular weight excluding hydrogens is 496 g/mol. The second kappa shape index (κ2) is 9.91. The van der Waals surface area contributed by atoms with Crippen molar-refractivity contribution in [3.05, 3.63) is 124 Å². The quantitative estimate of drug-likeness (QED) is 0.358. The van der Waals surface area contributed by atoms with Crippen LogP contribution in [0.4, 0.5) is 5.69 Å². The van der Waals surface area contributed by atoms with Crippen LogP contribution >= 0.6 is 0 Å².